The molecule has 0 nitrogen and oxygen atoms in total. The molecular formula is C45H64. The summed E-state index contributed by atoms with van der Waals surface area (Å²) >= 11 is 0. The third-order valence-electron chi connectivity index (χ3n) is 12.0. The van der Waals surface area contributed by atoms with Gasteiger partial charge < -0.3 is 0 Å². The molecule has 3 aromatic rings. The van der Waals surface area contributed by atoms with E-state index in [0.717, 1.165) is 36.5 Å². The normalized spacial score (nSPS) is 22.4. The van der Waals surface area contributed by atoms with Crippen LogP contribution in [0.2, 0.25) is 0 Å². The first-order valence-corrected chi connectivity index (χ1v) is 19.1. The van der Waals surface area contributed by atoms with Crippen LogP contribution in [0.5, 0.6) is 0 Å². The van der Waals surface area contributed by atoms with Crippen LogP contribution in [-0.4, -0.2) is 0 Å². The second-order valence-electron chi connectivity index (χ2n) is 15.9. The Hall–Kier alpha value is -2.34. The monoisotopic (exact) mass is 605 g/mol. The molecule has 0 heteroatoms. The minimum absolute atomic E-state index is 0.0144. The maximum Gasteiger partial charge on any atom is 0.0146 e. The van der Waals surface area contributed by atoms with Gasteiger partial charge in [0.2, 0.25) is 0 Å². The highest BCUT2D eigenvalue weighted by Crippen LogP contribution is 2.40. The molecule has 0 aliphatic heterocycles. The first-order valence-electron chi connectivity index (χ1n) is 19.1. The fourth-order valence-corrected chi connectivity index (χ4v) is 8.74. The fourth-order valence-electron chi connectivity index (χ4n) is 8.74. The molecule has 2 saturated carbocycles. The van der Waals surface area contributed by atoms with Crippen LogP contribution in [0.15, 0.2) is 72.8 Å². The molecule has 2 aliphatic rings. The van der Waals surface area contributed by atoms with Crippen LogP contribution in [0.4, 0.5) is 0 Å². The third-order valence-corrected chi connectivity index (χ3v) is 12.0. The van der Waals surface area contributed by atoms with Gasteiger partial charge in [0.05, 0.1) is 0 Å². The molecule has 0 aromatic heterocycles. The lowest BCUT2D eigenvalue weighted by Crippen LogP contribution is -2.21. The van der Waals surface area contributed by atoms with Gasteiger partial charge in [0.25, 0.3) is 0 Å². The van der Waals surface area contributed by atoms with E-state index >= 15 is 0 Å². The lowest BCUT2D eigenvalue weighted by atomic mass is 9.72. The van der Waals surface area contributed by atoms with E-state index in [4.69, 9.17) is 0 Å². The van der Waals surface area contributed by atoms with Gasteiger partial charge in [-0.3, -0.25) is 0 Å². The summed E-state index contributed by atoms with van der Waals surface area (Å²) < 4.78 is 0. The van der Waals surface area contributed by atoms with E-state index in [1.54, 1.807) is 6.42 Å². The van der Waals surface area contributed by atoms with Crippen molar-refractivity contribution >= 4 is 0 Å². The van der Waals surface area contributed by atoms with Crippen molar-refractivity contribution in [3.63, 3.8) is 0 Å². The predicted molar refractivity (Wildman–Crippen MR) is 196 cm³/mol. The van der Waals surface area contributed by atoms with Crippen LogP contribution in [0.3, 0.4) is 0 Å². The Morgan fingerprint density at radius 1 is 0.533 bits per heavy atom. The van der Waals surface area contributed by atoms with Gasteiger partial charge in [0.1, 0.15) is 0 Å². The zero-order valence-corrected chi connectivity index (χ0v) is 29.5. The van der Waals surface area contributed by atoms with Crippen LogP contribution in [0.25, 0.3) is 0 Å². The lowest BCUT2D eigenvalue weighted by Gasteiger charge is -2.34. The summed E-state index contributed by atoms with van der Waals surface area (Å²) in [6.07, 6.45) is 25.7. The molecular weight excluding hydrogens is 540 g/mol. The second-order valence-corrected chi connectivity index (χ2v) is 15.9. The van der Waals surface area contributed by atoms with E-state index < -0.39 is 0 Å². The summed E-state index contributed by atoms with van der Waals surface area (Å²) in [5.41, 5.74) is 8.55. The molecule has 0 spiro atoms. The topological polar surface area (TPSA) is 0 Å². The number of unbranched alkanes of at least 4 members (excludes halogenated alkanes) is 2. The van der Waals surface area contributed by atoms with Gasteiger partial charge >= 0.3 is 0 Å². The first-order chi connectivity index (χ1) is 21.9. The maximum absolute atomic E-state index is 2.40. The number of rotatable bonds is 15. The molecule has 3 aromatic carbocycles. The number of benzene rings is 3. The van der Waals surface area contributed by atoms with E-state index in [9.17, 15) is 0 Å². The average Bonchev–Trinajstić information content (AvgIpc) is 3.06. The average molecular weight is 605 g/mol. The second kappa shape index (κ2) is 17.0. The Balaban J connectivity index is 0.979. The Morgan fingerprint density at radius 2 is 1.02 bits per heavy atom. The Bertz CT molecular complexity index is 1250. The number of hydrogen-bond acceptors (Lipinski definition) is 0. The number of hydrogen-bond donors (Lipinski definition) is 0. The highest BCUT2D eigenvalue weighted by molar-refractivity contribution is 5.40. The SMILES string of the molecule is CCCCC1CCC(CC2CCC(CCCCc3ccc(C(C)(C)c4ccc(CCc5cccc(C)c5)cc4)cc3)CC2)CC1. The molecule has 0 atom stereocenters. The molecule has 0 radical (unpaired) electrons. The van der Waals surface area contributed by atoms with Crippen molar-refractivity contribution in [2.24, 2.45) is 23.7 Å². The molecule has 0 bridgehead atoms. The van der Waals surface area contributed by atoms with Crippen LogP contribution in [-0.2, 0) is 24.7 Å². The van der Waals surface area contributed by atoms with Gasteiger partial charge in [-0.05, 0) is 90.5 Å². The quantitative estimate of drug-likeness (QED) is 0.151. The van der Waals surface area contributed by atoms with E-state index in [1.807, 2.05) is 0 Å². The molecule has 0 saturated heterocycles. The van der Waals surface area contributed by atoms with Gasteiger partial charge in [-0.2, -0.15) is 0 Å². The van der Waals surface area contributed by atoms with Crippen molar-refractivity contribution in [3.8, 4) is 0 Å². The minimum atomic E-state index is 0.0144. The van der Waals surface area contributed by atoms with Gasteiger partial charge in [0, 0.05) is 5.41 Å². The van der Waals surface area contributed by atoms with Crippen LogP contribution < -0.4 is 0 Å². The van der Waals surface area contributed by atoms with Crippen molar-refractivity contribution in [2.45, 2.75) is 149 Å². The molecule has 0 unspecified atom stereocenters. The Morgan fingerprint density at radius 3 is 1.56 bits per heavy atom. The summed E-state index contributed by atoms with van der Waals surface area (Å²) in [5, 5.41) is 0. The van der Waals surface area contributed by atoms with Gasteiger partial charge in [-0.1, -0.05) is 183 Å². The summed E-state index contributed by atoms with van der Waals surface area (Å²) in [6.45, 7) is 9.27. The summed E-state index contributed by atoms with van der Waals surface area (Å²) in [7, 11) is 0. The Labute approximate surface area is 277 Å². The molecule has 2 aliphatic carbocycles. The van der Waals surface area contributed by atoms with E-state index in [2.05, 4.69) is 100 Å². The molecule has 5 rings (SSSR count). The third kappa shape index (κ3) is 10.3. The fraction of sp³-hybridized carbons (Fsp3) is 0.600. The first kappa shape index (κ1) is 34.0. The highest BCUT2D eigenvalue weighted by atomic mass is 14.3. The van der Waals surface area contributed by atoms with Crippen LogP contribution in [0.1, 0.15) is 150 Å². The van der Waals surface area contributed by atoms with Crippen molar-refractivity contribution in [1.29, 1.82) is 0 Å². The van der Waals surface area contributed by atoms with Gasteiger partial charge in [-0.15, -0.1) is 0 Å². The summed E-state index contributed by atoms with van der Waals surface area (Å²) in [6, 6.07) is 27.9. The van der Waals surface area contributed by atoms with E-state index in [0.29, 0.717) is 0 Å². The van der Waals surface area contributed by atoms with Crippen molar-refractivity contribution in [1.82, 2.24) is 0 Å². The van der Waals surface area contributed by atoms with Crippen LogP contribution >= 0.6 is 0 Å². The van der Waals surface area contributed by atoms with Crippen LogP contribution in [0, 0.1) is 30.6 Å². The summed E-state index contributed by atoms with van der Waals surface area (Å²) in [5.74, 6) is 4.16. The molecule has 0 amide bonds. The molecule has 0 heterocycles. The largest absolute Gasteiger partial charge is 0.0654 e. The van der Waals surface area contributed by atoms with Crippen molar-refractivity contribution in [3.05, 3.63) is 106 Å². The van der Waals surface area contributed by atoms with Crippen molar-refractivity contribution in [2.75, 3.05) is 0 Å². The van der Waals surface area contributed by atoms with E-state index in [-0.39, 0.29) is 5.41 Å². The van der Waals surface area contributed by atoms with Crippen molar-refractivity contribution < 1.29 is 0 Å². The molecule has 0 N–H and O–H groups in total. The highest BCUT2D eigenvalue weighted by Gasteiger charge is 2.27. The smallest absolute Gasteiger partial charge is 0.0146 e. The molecule has 2 fully saturated rings. The Kier molecular flexibility index (Phi) is 12.8. The summed E-state index contributed by atoms with van der Waals surface area (Å²) in [4.78, 5) is 0. The number of aryl methyl sites for hydroxylation is 4. The lowest BCUT2D eigenvalue weighted by molar-refractivity contribution is 0.183. The molecule has 45 heavy (non-hydrogen) atoms. The molecule has 244 valence electrons. The van der Waals surface area contributed by atoms with E-state index in [1.165, 1.54) is 130 Å². The zero-order chi connectivity index (χ0) is 31.5. The standard InChI is InChI=1S/C45H64/c1-5-6-11-36-15-21-41(22-16-36)34-42-23-17-37(18-24-42)12-7-8-13-38-25-29-43(30-26-38)45(3,4)44-31-27-39(28-32-44)19-20-40-14-9-10-35(2)33-40/h9-10,14,25-33,36-37,41-42H,5-8,11-13,15-24,34H2,1-4H3. The van der Waals surface area contributed by atoms with Gasteiger partial charge in [-0.25, -0.2) is 0 Å². The maximum atomic E-state index is 2.40. The predicted octanol–water partition coefficient (Wildman–Crippen LogP) is 13.0. The minimum Gasteiger partial charge on any atom is -0.0654 e. The van der Waals surface area contributed by atoms with Gasteiger partial charge in [0.15, 0.2) is 0 Å². The zero-order valence-electron chi connectivity index (χ0n) is 29.5.